The molecule has 0 aromatic carbocycles. The van der Waals surface area contributed by atoms with Gasteiger partial charge in [0.15, 0.2) is 0 Å². The van der Waals surface area contributed by atoms with Gasteiger partial charge < -0.3 is 16.2 Å². The van der Waals surface area contributed by atoms with Crippen molar-refractivity contribution in [3.05, 3.63) is 0 Å². The first kappa shape index (κ1) is 17.4. The van der Waals surface area contributed by atoms with E-state index in [0.29, 0.717) is 6.42 Å². The summed E-state index contributed by atoms with van der Waals surface area (Å²) in [6, 6.07) is -1.73. The lowest BCUT2D eigenvalue weighted by molar-refractivity contribution is -0.142. The van der Waals surface area contributed by atoms with E-state index < -0.39 is 34.8 Å². The molecule has 0 fully saturated rings. The molecule has 4 N–H and O–H groups in total. The van der Waals surface area contributed by atoms with Crippen LogP contribution in [0.15, 0.2) is 0 Å². The van der Waals surface area contributed by atoms with Gasteiger partial charge in [0.2, 0.25) is 5.91 Å². The summed E-state index contributed by atoms with van der Waals surface area (Å²) in [5, 5.41) is 11.3. The Kier molecular flexibility index (Phi) is 9.03. The average molecular weight is 296 g/mol. The van der Waals surface area contributed by atoms with Crippen LogP contribution >= 0.6 is 11.8 Å². The number of amides is 1. The van der Waals surface area contributed by atoms with Gasteiger partial charge in [-0.1, -0.05) is 0 Å². The summed E-state index contributed by atoms with van der Waals surface area (Å²) in [6.45, 7) is 0. The number of carboxylic acid groups (broad SMARTS) is 1. The van der Waals surface area contributed by atoms with Crippen LogP contribution in [-0.2, 0) is 20.4 Å². The van der Waals surface area contributed by atoms with Gasteiger partial charge in [-0.3, -0.25) is 9.00 Å². The molecule has 1 amide bonds. The van der Waals surface area contributed by atoms with Crippen LogP contribution in [0.2, 0.25) is 0 Å². The molecule has 0 radical (unpaired) electrons. The van der Waals surface area contributed by atoms with E-state index in [2.05, 4.69) is 5.32 Å². The summed E-state index contributed by atoms with van der Waals surface area (Å²) in [4.78, 5) is 22.5. The second-order valence-corrected chi connectivity index (χ2v) is 6.39. The maximum absolute atomic E-state index is 11.6. The molecule has 106 valence electrons. The Morgan fingerprint density at radius 3 is 2.50 bits per heavy atom. The average Bonchev–Trinajstić information content (AvgIpc) is 2.30. The largest absolute Gasteiger partial charge is 0.480 e. The van der Waals surface area contributed by atoms with Gasteiger partial charge in [0.1, 0.15) is 6.04 Å². The monoisotopic (exact) mass is 296 g/mol. The van der Waals surface area contributed by atoms with E-state index in [4.69, 9.17) is 10.8 Å². The Balaban J connectivity index is 4.26. The topological polar surface area (TPSA) is 109 Å². The van der Waals surface area contributed by atoms with Crippen molar-refractivity contribution in [3.63, 3.8) is 0 Å². The summed E-state index contributed by atoms with van der Waals surface area (Å²) in [6.07, 6.45) is 4.03. The van der Waals surface area contributed by atoms with Crippen molar-refractivity contribution in [2.24, 2.45) is 5.73 Å². The third kappa shape index (κ3) is 7.67. The fraction of sp³-hybridized carbons (Fsp3) is 0.800. The number of hydrogen-bond donors (Lipinski definition) is 3. The fourth-order valence-corrected chi connectivity index (χ4v) is 2.25. The van der Waals surface area contributed by atoms with Crippen LogP contribution < -0.4 is 11.1 Å². The maximum Gasteiger partial charge on any atom is 0.326 e. The van der Waals surface area contributed by atoms with Crippen LogP contribution in [0.25, 0.3) is 0 Å². The van der Waals surface area contributed by atoms with Crippen molar-refractivity contribution in [2.75, 3.05) is 24.0 Å². The minimum absolute atomic E-state index is 0.138. The van der Waals surface area contributed by atoms with Crippen molar-refractivity contribution in [2.45, 2.75) is 24.9 Å². The molecule has 0 rings (SSSR count). The van der Waals surface area contributed by atoms with Crippen molar-refractivity contribution >= 4 is 34.4 Å². The van der Waals surface area contributed by atoms with Crippen LogP contribution in [0.4, 0.5) is 0 Å². The normalized spacial score (nSPS) is 15.7. The molecule has 0 aromatic heterocycles. The number of thioether (sulfide) groups is 1. The van der Waals surface area contributed by atoms with E-state index in [0.717, 1.165) is 5.75 Å². The Bertz CT molecular complexity index is 312. The van der Waals surface area contributed by atoms with Crippen molar-refractivity contribution in [1.82, 2.24) is 5.32 Å². The number of carboxylic acids is 1. The zero-order chi connectivity index (χ0) is 14.1. The molecular weight excluding hydrogens is 276 g/mol. The maximum atomic E-state index is 11.6. The molecular formula is C10H20N2O4S2. The van der Waals surface area contributed by atoms with Crippen LogP contribution in [0.1, 0.15) is 12.8 Å². The third-order valence-corrected chi connectivity index (χ3v) is 3.73. The van der Waals surface area contributed by atoms with Gasteiger partial charge in [0.25, 0.3) is 0 Å². The number of aliphatic carboxylic acids is 1. The van der Waals surface area contributed by atoms with Gasteiger partial charge in [-0.25, -0.2) is 4.79 Å². The number of nitrogens with two attached hydrogens (primary N) is 1. The zero-order valence-corrected chi connectivity index (χ0v) is 12.2. The summed E-state index contributed by atoms with van der Waals surface area (Å²) in [7, 11) is -1.08. The minimum Gasteiger partial charge on any atom is -0.480 e. The van der Waals surface area contributed by atoms with E-state index in [1.54, 1.807) is 11.8 Å². The highest BCUT2D eigenvalue weighted by Crippen LogP contribution is 2.01. The van der Waals surface area contributed by atoms with Gasteiger partial charge in [0.05, 0.1) is 6.04 Å². The second-order valence-electron chi connectivity index (χ2n) is 3.85. The van der Waals surface area contributed by atoms with Crippen LogP contribution in [-0.4, -0.2) is 57.3 Å². The van der Waals surface area contributed by atoms with E-state index in [-0.39, 0.29) is 12.2 Å². The molecule has 8 heteroatoms. The Morgan fingerprint density at radius 2 is 2.06 bits per heavy atom. The minimum atomic E-state index is -1.13. The van der Waals surface area contributed by atoms with Gasteiger partial charge in [-0.2, -0.15) is 11.8 Å². The smallest absolute Gasteiger partial charge is 0.326 e. The molecule has 0 heterocycles. The van der Waals surface area contributed by atoms with Gasteiger partial charge in [-0.05, 0) is 24.9 Å². The van der Waals surface area contributed by atoms with Crippen molar-refractivity contribution in [3.8, 4) is 0 Å². The fourth-order valence-electron chi connectivity index (χ4n) is 1.20. The van der Waals surface area contributed by atoms with Crippen LogP contribution in [0.3, 0.4) is 0 Å². The predicted octanol–water partition coefficient (Wildman–Crippen LogP) is -0.595. The summed E-state index contributed by atoms with van der Waals surface area (Å²) < 4.78 is 10.9. The van der Waals surface area contributed by atoms with Crippen LogP contribution in [0.5, 0.6) is 0 Å². The molecule has 0 saturated carbocycles. The molecule has 0 aromatic rings. The predicted molar refractivity (Wildman–Crippen MR) is 74.1 cm³/mol. The first-order valence-corrected chi connectivity index (χ1v) is 8.58. The molecule has 0 spiro atoms. The molecule has 0 aliphatic carbocycles. The molecule has 0 saturated heterocycles. The summed E-state index contributed by atoms with van der Waals surface area (Å²) >= 11 is 1.57. The number of nitrogens with one attached hydrogen (secondary N) is 1. The zero-order valence-electron chi connectivity index (χ0n) is 10.5. The van der Waals surface area contributed by atoms with Crippen LogP contribution in [0, 0.1) is 0 Å². The number of carbonyl (C=O) groups is 2. The van der Waals surface area contributed by atoms with Gasteiger partial charge >= 0.3 is 5.97 Å². The molecule has 3 unspecified atom stereocenters. The van der Waals surface area contributed by atoms with E-state index in [9.17, 15) is 13.8 Å². The molecule has 0 aliphatic rings. The standard InChI is InChI=1S/C10H20N2O4S2/c1-17-5-3-7(11)9(13)12-8(10(14)15)4-6-18(2)16/h7-8H,3-6,11H2,1-2H3,(H,12,13)(H,14,15). The first-order chi connectivity index (χ1) is 8.38. The molecule has 3 atom stereocenters. The lowest BCUT2D eigenvalue weighted by atomic mass is 10.2. The van der Waals surface area contributed by atoms with E-state index in [1.165, 1.54) is 6.26 Å². The highest BCUT2D eigenvalue weighted by molar-refractivity contribution is 7.98. The van der Waals surface area contributed by atoms with Crippen molar-refractivity contribution in [1.29, 1.82) is 0 Å². The third-order valence-electron chi connectivity index (χ3n) is 2.28. The number of carbonyl (C=O) groups excluding carboxylic acids is 1. The second kappa shape index (κ2) is 9.35. The molecule has 18 heavy (non-hydrogen) atoms. The lowest BCUT2D eigenvalue weighted by Crippen LogP contribution is -2.49. The number of rotatable bonds is 9. The highest BCUT2D eigenvalue weighted by Gasteiger charge is 2.23. The Morgan fingerprint density at radius 1 is 1.44 bits per heavy atom. The lowest BCUT2D eigenvalue weighted by Gasteiger charge is -2.17. The highest BCUT2D eigenvalue weighted by atomic mass is 32.2. The molecule has 0 bridgehead atoms. The van der Waals surface area contributed by atoms with Crippen molar-refractivity contribution < 1.29 is 18.9 Å². The van der Waals surface area contributed by atoms with E-state index >= 15 is 0 Å². The SMILES string of the molecule is CSCCC(N)C(=O)NC(CCS(C)=O)C(=O)O. The quantitative estimate of drug-likeness (QED) is 0.524. The summed E-state index contributed by atoms with van der Waals surface area (Å²) in [5.74, 6) is -0.632. The molecule has 0 aliphatic heterocycles. The Labute approximate surface area is 114 Å². The number of hydrogen-bond acceptors (Lipinski definition) is 5. The van der Waals surface area contributed by atoms with Gasteiger partial charge in [0, 0.05) is 22.8 Å². The summed E-state index contributed by atoms with van der Waals surface area (Å²) in [5.41, 5.74) is 5.63. The first-order valence-electron chi connectivity index (χ1n) is 5.46. The van der Waals surface area contributed by atoms with E-state index in [1.807, 2.05) is 6.26 Å². The molecule has 6 nitrogen and oxygen atoms in total. The Hall–Kier alpha value is -0.600. The van der Waals surface area contributed by atoms with Gasteiger partial charge in [-0.15, -0.1) is 0 Å².